The third-order valence-corrected chi connectivity index (χ3v) is 5.57. The molecule has 0 aromatic heterocycles. The Morgan fingerprint density at radius 3 is 3.00 bits per heavy atom. The Bertz CT molecular complexity index is 442. The molecule has 0 bridgehead atoms. The average Bonchev–Trinajstić information content (AvgIpc) is 3.01. The topological polar surface area (TPSA) is 35.5 Å². The van der Waals surface area contributed by atoms with Gasteiger partial charge in [-0.15, -0.1) is 11.6 Å². The number of nitrogens with one attached hydrogen (secondary N) is 1. The van der Waals surface area contributed by atoms with E-state index >= 15 is 0 Å². The molecule has 20 heavy (non-hydrogen) atoms. The third kappa shape index (κ3) is 2.40. The van der Waals surface area contributed by atoms with E-state index < -0.39 is 4.87 Å². The second-order valence-corrected chi connectivity index (χ2v) is 7.28. The van der Waals surface area contributed by atoms with E-state index in [2.05, 4.69) is 23.3 Å². The summed E-state index contributed by atoms with van der Waals surface area (Å²) in [5.41, 5.74) is 0.920. The van der Waals surface area contributed by atoms with Crippen LogP contribution in [-0.2, 0) is 0 Å². The Morgan fingerprint density at radius 1 is 1.50 bits per heavy atom. The number of likely N-dealkylation sites (tertiary alicyclic amines) is 1. The van der Waals surface area contributed by atoms with E-state index in [9.17, 15) is 5.11 Å². The second-order valence-electron chi connectivity index (χ2n) is 6.55. The molecular formula is C16H24ClN2O. The summed E-state index contributed by atoms with van der Waals surface area (Å²) in [5.74, 6) is 2.12. The van der Waals surface area contributed by atoms with E-state index in [1.165, 1.54) is 6.42 Å². The van der Waals surface area contributed by atoms with Crippen molar-refractivity contribution < 1.29 is 5.11 Å². The zero-order chi connectivity index (χ0) is 14.3. The summed E-state index contributed by atoms with van der Waals surface area (Å²) in [4.78, 5) is 1.94. The maximum atomic E-state index is 10.4. The lowest BCUT2D eigenvalue weighted by Gasteiger charge is -2.28. The van der Waals surface area contributed by atoms with E-state index in [1.807, 2.05) is 13.0 Å². The van der Waals surface area contributed by atoms with Crippen molar-refractivity contribution in [2.45, 2.75) is 37.1 Å². The number of allylic oxidation sites excluding steroid dienone is 3. The van der Waals surface area contributed by atoms with Gasteiger partial charge in [-0.2, -0.15) is 0 Å². The lowest BCUT2D eigenvalue weighted by atomic mass is 9.84. The van der Waals surface area contributed by atoms with Gasteiger partial charge in [-0.1, -0.05) is 19.1 Å². The van der Waals surface area contributed by atoms with Crippen LogP contribution in [0.1, 0.15) is 26.2 Å². The summed E-state index contributed by atoms with van der Waals surface area (Å²) >= 11 is 6.93. The zero-order valence-electron chi connectivity index (χ0n) is 12.3. The summed E-state index contributed by atoms with van der Waals surface area (Å²) in [5, 5.41) is 13.8. The highest BCUT2D eigenvalue weighted by molar-refractivity contribution is 6.26. The number of aliphatic hydroxyl groups is 1. The molecule has 2 heterocycles. The lowest BCUT2D eigenvalue weighted by molar-refractivity contribution is 0.238. The quantitative estimate of drug-likeness (QED) is 0.769. The normalized spacial score (nSPS) is 40.0. The van der Waals surface area contributed by atoms with Gasteiger partial charge in [0, 0.05) is 24.1 Å². The van der Waals surface area contributed by atoms with Gasteiger partial charge in [0.25, 0.3) is 0 Å². The Hall–Kier alpha value is -0.510. The molecule has 2 aliphatic heterocycles. The van der Waals surface area contributed by atoms with Gasteiger partial charge < -0.3 is 15.3 Å². The second kappa shape index (κ2) is 5.36. The Balaban J connectivity index is 1.83. The van der Waals surface area contributed by atoms with Crippen LogP contribution in [0.2, 0.25) is 0 Å². The highest BCUT2D eigenvalue weighted by Crippen LogP contribution is 2.45. The van der Waals surface area contributed by atoms with Crippen molar-refractivity contribution >= 4 is 11.6 Å². The molecule has 111 valence electrons. The minimum atomic E-state index is -0.440. The molecule has 1 aliphatic carbocycles. The molecule has 1 unspecified atom stereocenters. The molecular weight excluding hydrogens is 272 g/mol. The molecule has 0 aromatic rings. The molecule has 3 atom stereocenters. The largest absolute Gasteiger partial charge is 0.511 e. The van der Waals surface area contributed by atoms with Crippen LogP contribution in [0.15, 0.2) is 23.5 Å². The van der Waals surface area contributed by atoms with Crippen LogP contribution in [0, 0.1) is 11.8 Å². The van der Waals surface area contributed by atoms with E-state index in [0.29, 0.717) is 17.7 Å². The van der Waals surface area contributed by atoms with Crippen molar-refractivity contribution in [1.82, 2.24) is 10.2 Å². The summed E-state index contributed by atoms with van der Waals surface area (Å²) in [6.45, 7) is 5.00. The van der Waals surface area contributed by atoms with Crippen LogP contribution in [0.3, 0.4) is 0 Å². The fourth-order valence-electron chi connectivity index (χ4n) is 3.91. The molecule has 2 N–H and O–H groups in total. The molecule has 3 rings (SSSR count). The number of hydrogen-bond acceptors (Lipinski definition) is 3. The summed E-state index contributed by atoms with van der Waals surface area (Å²) in [6.07, 6.45) is 7.12. The van der Waals surface area contributed by atoms with Gasteiger partial charge in [0.15, 0.2) is 0 Å². The number of halogens is 1. The highest BCUT2D eigenvalue weighted by Gasteiger charge is 2.47. The molecule has 4 heteroatoms. The van der Waals surface area contributed by atoms with Crippen LogP contribution in [-0.4, -0.2) is 47.6 Å². The molecule has 3 nitrogen and oxygen atoms in total. The van der Waals surface area contributed by atoms with Gasteiger partial charge in [0.1, 0.15) is 5.76 Å². The van der Waals surface area contributed by atoms with Crippen LogP contribution >= 0.6 is 11.6 Å². The molecule has 1 radical (unpaired) electrons. The summed E-state index contributed by atoms with van der Waals surface area (Å²) in [7, 11) is 2.16. The predicted molar refractivity (Wildman–Crippen MR) is 82.9 cm³/mol. The molecule has 3 aliphatic rings. The zero-order valence-corrected chi connectivity index (χ0v) is 13.1. The number of aliphatic hydroxyl groups excluding tert-OH is 1. The first kappa shape index (κ1) is 14.4. The van der Waals surface area contributed by atoms with Crippen molar-refractivity contribution in [2.24, 2.45) is 5.92 Å². The smallest absolute Gasteiger partial charge is 0.104 e. The first-order valence-electron chi connectivity index (χ1n) is 7.54. The van der Waals surface area contributed by atoms with Crippen molar-refractivity contribution in [3.8, 4) is 0 Å². The van der Waals surface area contributed by atoms with Crippen molar-refractivity contribution in [3.05, 3.63) is 29.4 Å². The number of alkyl halides is 1. The Labute approximate surface area is 126 Å². The van der Waals surface area contributed by atoms with Gasteiger partial charge in [0.05, 0.1) is 4.87 Å². The van der Waals surface area contributed by atoms with Crippen LogP contribution in [0.25, 0.3) is 0 Å². The fraction of sp³-hybridized carbons (Fsp3) is 0.688. The van der Waals surface area contributed by atoms with E-state index in [1.54, 1.807) is 0 Å². The molecule has 2 fully saturated rings. The molecule has 0 spiro atoms. The lowest BCUT2D eigenvalue weighted by Crippen LogP contribution is -2.33. The maximum absolute atomic E-state index is 10.4. The van der Waals surface area contributed by atoms with Crippen molar-refractivity contribution in [3.63, 3.8) is 0 Å². The van der Waals surface area contributed by atoms with Gasteiger partial charge >= 0.3 is 0 Å². The maximum Gasteiger partial charge on any atom is 0.104 e. The van der Waals surface area contributed by atoms with Crippen LogP contribution < -0.4 is 5.32 Å². The highest BCUT2D eigenvalue weighted by atomic mass is 35.5. The fourth-order valence-corrected chi connectivity index (χ4v) is 4.41. The van der Waals surface area contributed by atoms with Crippen molar-refractivity contribution in [2.75, 3.05) is 26.7 Å². The minimum Gasteiger partial charge on any atom is -0.511 e. The first-order valence-corrected chi connectivity index (χ1v) is 7.92. The van der Waals surface area contributed by atoms with Gasteiger partial charge in [-0.3, -0.25) is 0 Å². The molecule has 0 saturated carbocycles. The third-order valence-electron chi connectivity index (χ3n) is 5.09. The van der Waals surface area contributed by atoms with Gasteiger partial charge in [0.2, 0.25) is 0 Å². The molecule has 0 amide bonds. The van der Waals surface area contributed by atoms with E-state index in [-0.39, 0.29) is 0 Å². The Kier molecular flexibility index (Phi) is 3.87. The van der Waals surface area contributed by atoms with E-state index in [0.717, 1.165) is 44.0 Å². The van der Waals surface area contributed by atoms with Crippen molar-refractivity contribution in [1.29, 1.82) is 0 Å². The van der Waals surface area contributed by atoms with Gasteiger partial charge in [-0.05, 0) is 45.3 Å². The SMILES string of the molecule is C[C]1CC=CC([C@]2(Cl)C[C@H](C3CCNC3)N(C)C2)=C1O. The number of nitrogens with zero attached hydrogens (tertiary/aromatic N) is 1. The molecule has 2 saturated heterocycles. The summed E-state index contributed by atoms with van der Waals surface area (Å²) in [6, 6.07) is 0.512. The standard InChI is InChI=1S/C16H24ClN2O/c1-11-4-3-5-13(15(11)20)16(17)8-14(19(2)10-16)12-6-7-18-9-12/h3,5,12,14,18,20H,4,6-10H2,1-2H3/t12?,14-,16+/m1/s1. The first-order chi connectivity index (χ1) is 9.51. The average molecular weight is 296 g/mol. The minimum absolute atomic E-state index is 0.418. The van der Waals surface area contributed by atoms with E-state index in [4.69, 9.17) is 11.6 Å². The molecule has 0 aromatic carbocycles. The van der Waals surface area contributed by atoms with Gasteiger partial charge in [-0.25, -0.2) is 0 Å². The number of hydrogen-bond donors (Lipinski definition) is 2. The van der Waals surface area contributed by atoms with Crippen LogP contribution in [0.5, 0.6) is 0 Å². The number of rotatable bonds is 2. The monoisotopic (exact) mass is 295 g/mol. The predicted octanol–water partition coefficient (Wildman–Crippen LogP) is 2.64. The van der Waals surface area contributed by atoms with Crippen LogP contribution in [0.4, 0.5) is 0 Å². The summed E-state index contributed by atoms with van der Waals surface area (Å²) < 4.78 is 0. The Morgan fingerprint density at radius 2 is 2.30 bits per heavy atom.